The zero-order valence-corrected chi connectivity index (χ0v) is 20.7. The number of anilines is 2. The van der Waals surface area contributed by atoms with Crippen molar-refractivity contribution in [1.29, 1.82) is 0 Å². The van der Waals surface area contributed by atoms with Gasteiger partial charge in [-0.05, 0) is 42.9 Å². The predicted molar refractivity (Wildman–Crippen MR) is 132 cm³/mol. The minimum atomic E-state index is -4.57. The molecule has 0 radical (unpaired) electrons. The number of thiazole rings is 1. The van der Waals surface area contributed by atoms with Crippen molar-refractivity contribution in [3.63, 3.8) is 0 Å². The Kier molecular flexibility index (Phi) is 5.99. The number of carbonyl (C=O) groups is 1. The molecule has 1 aromatic carbocycles. The smallest absolute Gasteiger partial charge is 0.433 e. The van der Waals surface area contributed by atoms with E-state index in [0.717, 1.165) is 33.6 Å². The maximum absolute atomic E-state index is 12.9. The Morgan fingerprint density at radius 1 is 1.24 bits per heavy atom. The highest BCUT2D eigenvalue weighted by Crippen LogP contribution is 2.51. The van der Waals surface area contributed by atoms with Crippen molar-refractivity contribution in [1.82, 2.24) is 19.9 Å². The standard InChI is InChI=1S/C25H24F3N5O3S/c1-23(2)12-24(36,7-5-16(23)20(34)35)21-31-11-18(37-21)15-10-30-17-9-13(3-4-14(15)17)32-22-29-8-6-19(33-22)25(26,27)28/h3-4,6,8-11,16,30,36H,5,7,12H2,1-2H3,(H,34,35)(H,29,32,33)/t16-,24-/m0/s1. The Bertz CT molecular complexity index is 1480. The van der Waals surface area contributed by atoms with Gasteiger partial charge in [-0.3, -0.25) is 4.79 Å². The van der Waals surface area contributed by atoms with Gasteiger partial charge >= 0.3 is 12.1 Å². The second-order valence-electron chi connectivity index (χ2n) is 10.0. The van der Waals surface area contributed by atoms with Crippen LogP contribution in [0.1, 0.15) is 43.8 Å². The molecule has 0 bridgehead atoms. The van der Waals surface area contributed by atoms with E-state index in [-0.39, 0.29) is 5.95 Å². The lowest BCUT2D eigenvalue weighted by molar-refractivity contribution is -0.154. The molecule has 3 aromatic heterocycles. The highest BCUT2D eigenvalue weighted by molar-refractivity contribution is 7.15. The van der Waals surface area contributed by atoms with Gasteiger partial charge in [0.1, 0.15) is 16.3 Å². The van der Waals surface area contributed by atoms with Gasteiger partial charge in [0, 0.05) is 40.7 Å². The number of aromatic amines is 1. The summed E-state index contributed by atoms with van der Waals surface area (Å²) in [5, 5.41) is 25.2. The molecule has 2 atom stereocenters. The number of aliphatic carboxylic acids is 1. The number of benzene rings is 1. The lowest BCUT2D eigenvalue weighted by Crippen LogP contribution is -2.44. The Balaban J connectivity index is 1.38. The summed E-state index contributed by atoms with van der Waals surface area (Å²) in [6.07, 6.45) is 0.969. The van der Waals surface area contributed by atoms with Crippen LogP contribution in [0.15, 0.2) is 42.9 Å². The first kappa shape index (κ1) is 25.2. The number of H-pyrrole nitrogens is 1. The molecule has 1 fully saturated rings. The first-order valence-corrected chi connectivity index (χ1v) is 12.4. The Labute approximate surface area is 213 Å². The van der Waals surface area contributed by atoms with E-state index >= 15 is 0 Å². The van der Waals surface area contributed by atoms with Gasteiger partial charge in [0.05, 0.1) is 10.8 Å². The van der Waals surface area contributed by atoms with Gasteiger partial charge in [0.15, 0.2) is 0 Å². The second kappa shape index (κ2) is 8.80. The van der Waals surface area contributed by atoms with E-state index in [4.69, 9.17) is 0 Å². The predicted octanol–water partition coefficient (Wildman–Crippen LogP) is 5.94. The van der Waals surface area contributed by atoms with Crippen molar-refractivity contribution in [2.24, 2.45) is 11.3 Å². The van der Waals surface area contributed by atoms with Gasteiger partial charge in [-0.2, -0.15) is 13.2 Å². The fourth-order valence-electron chi connectivity index (χ4n) is 5.11. The van der Waals surface area contributed by atoms with Gasteiger partial charge in [0.2, 0.25) is 5.95 Å². The third kappa shape index (κ3) is 4.78. The van der Waals surface area contributed by atoms with Crippen molar-refractivity contribution in [2.75, 3.05) is 5.32 Å². The summed E-state index contributed by atoms with van der Waals surface area (Å²) in [7, 11) is 0. The highest BCUT2D eigenvalue weighted by atomic mass is 32.1. The van der Waals surface area contributed by atoms with E-state index in [9.17, 15) is 28.2 Å². The Morgan fingerprint density at radius 2 is 2.03 bits per heavy atom. The molecule has 1 saturated carbocycles. The summed E-state index contributed by atoms with van der Waals surface area (Å²) in [5.41, 5.74) is -0.704. The second-order valence-corrected chi connectivity index (χ2v) is 11.0. The first-order valence-electron chi connectivity index (χ1n) is 11.6. The number of hydrogen-bond acceptors (Lipinski definition) is 7. The molecule has 3 heterocycles. The van der Waals surface area contributed by atoms with Gasteiger partial charge in [-0.15, -0.1) is 11.3 Å². The number of nitrogens with one attached hydrogen (secondary N) is 2. The van der Waals surface area contributed by atoms with E-state index < -0.39 is 34.8 Å². The molecule has 0 spiro atoms. The summed E-state index contributed by atoms with van der Waals surface area (Å²) >= 11 is 1.36. The zero-order chi connectivity index (χ0) is 26.6. The van der Waals surface area contributed by atoms with Crippen LogP contribution in [0.4, 0.5) is 24.8 Å². The van der Waals surface area contributed by atoms with Crippen LogP contribution in [0, 0.1) is 11.3 Å². The molecule has 1 aliphatic carbocycles. The van der Waals surface area contributed by atoms with E-state index in [2.05, 4.69) is 25.3 Å². The summed E-state index contributed by atoms with van der Waals surface area (Å²) in [5.74, 6) is -1.54. The maximum atomic E-state index is 12.9. The van der Waals surface area contributed by atoms with Crippen molar-refractivity contribution in [3.8, 4) is 10.4 Å². The Morgan fingerprint density at radius 3 is 2.73 bits per heavy atom. The molecule has 37 heavy (non-hydrogen) atoms. The number of carboxylic acids is 1. The first-order chi connectivity index (χ1) is 17.4. The number of fused-ring (bicyclic) bond motifs is 1. The summed E-state index contributed by atoms with van der Waals surface area (Å²) in [4.78, 5) is 27.5. The minimum absolute atomic E-state index is 0.165. The van der Waals surface area contributed by atoms with Gasteiger partial charge in [-0.1, -0.05) is 19.9 Å². The van der Waals surface area contributed by atoms with Crippen LogP contribution in [-0.2, 0) is 16.6 Å². The largest absolute Gasteiger partial charge is 0.481 e. The van der Waals surface area contributed by atoms with E-state index in [1.165, 1.54) is 11.3 Å². The summed E-state index contributed by atoms with van der Waals surface area (Å²) < 4.78 is 38.8. The van der Waals surface area contributed by atoms with Crippen molar-refractivity contribution >= 4 is 39.8 Å². The van der Waals surface area contributed by atoms with Crippen LogP contribution in [0.3, 0.4) is 0 Å². The number of aliphatic hydroxyl groups is 1. The number of carboxylic acid groups (broad SMARTS) is 1. The number of alkyl halides is 3. The van der Waals surface area contributed by atoms with Crippen molar-refractivity contribution in [2.45, 2.75) is 44.9 Å². The van der Waals surface area contributed by atoms with Gasteiger partial charge in [-0.25, -0.2) is 15.0 Å². The molecule has 194 valence electrons. The van der Waals surface area contributed by atoms with E-state index in [0.29, 0.717) is 30.0 Å². The molecule has 1 aliphatic rings. The topological polar surface area (TPSA) is 124 Å². The maximum Gasteiger partial charge on any atom is 0.433 e. The third-order valence-corrected chi connectivity index (χ3v) is 8.11. The third-order valence-electron chi connectivity index (χ3n) is 6.89. The normalized spacial score (nSPS) is 21.7. The average Bonchev–Trinajstić information content (AvgIpc) is 3.45. The molecule has 12 heteroatoms. The van der Waals surface area contributed by atoms with Crippen LogP contribution >= 0.6 is 11.3 Å². The lowest BCUT2D eigenvalue weighted by atomic mass is 9.63. The van der Waals surface area contributed by atoms with Crippen LogP contribution in [0.2, 0.25) is 0 Å². The number of rotatable bonds is 5. The molecule has 0 saturated heterocycles. The molecule has 0 aliphatic heterocycles. The molecular formula is C25H24F3N5O3S. The number of aromatic nitrogens is 4. The quantitative estimate of drug-likeness (QED) is 0.251. The number of nitrogens with zero attached hydrogens (tertiary/aromatic N) is 3. The fraction of sp³-hybridized carbons (Fsp3) is 0.360. The minimum Gasteiger partial charge on any atom is -0.481 e. The molecule has 0 unspecified atom stereocenters. The van der Waals surface area contributed by atoms with Gasteiger partial charge < -0.3 is 20.5 Å². The molecule has 5 rings (SSSR count). The van der Waals surface area contributed by atoms with Crippen molar-refractivity contribution in [3.05, 3.63) is 53.6 Å². The SMILES string of the molecule is CC1(C)C[C@](O)(c2ncc(-c3c[nH]c4cc(Nc5nccc(C(F)(F)F)n5)ccc34)s2)CC[C@H]1C(=O)O. The Hall–Kier alpha value is -3.51. The molecular weight excluding hydrogens is 507 g/mol. The molecule has 8 nitrogen and oxygen atoms in total. The molecule has 4 aromatic rings. The average molecular weight is 532 g/mol. The fourth-order valence-corrected chi connectivity index (χ4v) is 6.17. The summed E-state index contributed by atoms with van der Waals surface area (Å²) in [6, 6.07) is 6.10. The zero-order valence-electron chi connectivity index (χ0n) is 19.9. The van der Waals surface area contributed by atoms with Crippen LogP contribution < -0.4 is 5.32 Å². The monoisotopic (exact) mass is 531 g/mol. The van der Waals surface area contributed by atoms with Crippen LogP contribution in [0.25, 0.3) is 21.3 Å². The number of hydrogen-bond donors (Lipinski definition) is 4. The lowest BCUT2D eigenvalue weighted by Gasteiger charge is -2.44. The summed E-state index contributed by atoms with van der Waals surface area (Å²) in [6.45, 7) is 3.72. The van der Waals surface area contributed by atoms with Gasteiger partial charge in [0.25, 0.3) is 0 Å². The molecule has 4 N–H and O–H groups in total. The van der Waals surface area contributed by atoms with Crippen LogP contribution in [0.5, 0.6) is 0 Å². The molecule has 0 amide bonds. The van der Waals surface area contributed by atoms with E-state index in [1.54, 1.807) is 18.3 Å². The van der Waals surface area contributed by atoms with Crippen molar-refractivity contribution < 1.29 is 28.2 Å². The van der Waals surface area contributed by atoms with E-state index in [1.807, 2.05) is 26.1 Å². The number of halogens is 3. The highest BCUT2D eigenvalue weighted by Gasteiger charge is 2.49. The van der Waals surface area contributed by atoms with Crippen LogP contribution in [-0.4, -0.2) is 36.1 Å².